The molecule has 1 aromatic carbocycles. The standard InChI is InChI=1S/C15H15F3N4O2/c1-21-8-19-22(14(21)24)7-13(23)20-12-6-10(12)9-4-2-3-5-11(9)15(16,17)18/h2-5,8,10,12H,6-7H2,1H3,(H,20,23)/t10-,12-/m1/s1. The Morgan fingerprint density at radius 1 is 1.38 bits per heavy atom. The van der Waals surface area contributed by atoms with Crippen molar-refractivity contribution >= 4 is 5.91 Å². The number of rotatable bonds is 4. The van der Waals surface area contributed by atoms with E-state index in [1.807, 2.05) is 0 Å². The molecule has 2 atom stereocenters. The smallest absolute Gasteiger partial charge is 0.351 e. The minimum absolute atomic E-state index is 0.185. The predicted molar refractivity (Wildman–Crippen MR) is 78.2 cm³/mol. The van der Waals surface area contributed by atoms with Crippen LogP contribution >= 0.6 is 0 Å². The van der Waals surface area contributed by atoms with E-state index in [9.17, 15) is 22.8 Å². The van der Waals surface area contributed by atoms with Crippen LogP contribution in [0, 0.1) is 0 Å². The summed E-state index contributed by atoms with van der Waals surface area (Å²) in [6.07, 6.45) is -2.69. The van der Waals surface area contributed by atoms with Crippen LogP contribution in [0.2, 0.25) is 0 Å². The van der Waals surface area contributed by atoms with E-state index in [-0.39, 0.29) is 24.1 Å². The van der Waals surface area contributed by atoms with E-state index in [1.54, 1.807) is 6.07 Å². The van der Waals surface area contributed by atoms with E-state index in [4.69, 9.17) is 0 Å². The van der Waals surface area contributed by atoms with Gasteiger partial charge >= 0.3 is 11.9 Å². The van der Waals surface area contributed by atoms with Crippen LogP contribution in [0.5, 0.6) is 0 Å². The quantitative estimate of drug-likeness (QED) is 0.911. The monoisotopic (exact) mass is 340 g/mol. The maximum atomic E-state index is 13.0. The second-order valence-corrected chi connectivity index (χ2v) is 5.78. The van der Waals surface area contributed by atoms with Gasteiger partial charge in [0.25, 0.3) is 0 Å². The molecule has 1 amide bonds. The molecule has 0 saturated heterocycles. The van der Waals surface area contributed by atoms with Crippen LogP contribution in [0.25, 0.3) is 0 Å². The van der Waals surface area contributed by atoms with Gasteiger partial charge in [-0.1, -0.05) is 18.2 Å². The van der Waals surface area contributed by atoms with Gasteiger partial charge < -0.3 is 5.32 Å². The number of aryl methyl sites for hydroxylation is 1. The van der Waals surface area contributed by atoms with Crippen LogP contribution in [0.1, 0.15) is 23.5 Å². The number of carbonyl (C=O) groups is 1. The van der Waals surface area contributed by atoms with Gasteiger partial charge in [0.05, 0.1) is 5.56 Å². The Hall–Kier alpha value is -2.58. The highest BCUT2D eigenvalue weighted by molar-refractivity contribution is 5.76. The minimum Gasteiger partial charge on any atom is -0.351 e. The molecule has 1 aliphatic carbocycles. The van der Waals surface area contributed by atoms with Crippen molar-refractivity contribution in [1.82, 2.24) is 19.7 Å². The lowest BCUT2D eigenvalue weighted by molar-refractivity contribution is -0.138. The molecule has 1 N–H and O–H groups in total. The van der Waals surface area contributed by atoms with Gasteiger partial charge in [0, 0.05) is 19.0 Å². The Morgan fingerprint density at radius 3 is 2.71 bits per heavy atom. The lowest BCUT2D eigenvalue weighted by Gasteiger charge is -2.12. The molecule has 128 valence electrons. The number of amides is 1. The van der Waals surface area contributed by atoms with E-state index >= 15 is 0 Å². The number of carbonyl (C=O) groups excluding carboxylic acids is 1. The Bertz CT molecular complexity index is 825. The van der Waals surface area contributed by atoms with Gasteiger partial charge in [0.15, 0.2) is 0 Å². The van der Waals surface area contributed by atoms with E-state index in [0.29, 0.717) is 6.42 Å². The zero-order chi connectivity index (χ0) is 17.5. The maximum absolute atomic E-state index is 13.0. The molecule has 1 aromatic heterocycles. The predicted octanol–water partition coefficient (Wildman–Crippen LogP) is 1.27. The van der Waals surface area contributed by atoms with Crippen molar-refractivity contribution in [2.24, 2.45) is 7.05 Å². The number of alkyl halides is 3. The van der Waals surface area contributed by atoms with Crippen molar-refractivity contribution in [3.8, 4) is 0 Å². The van der Waals surface area contributed by atoms with E-state index in [2.05, 4.69) is 10.4 Å². The summed E-state index contributed by atoms with van der Waals surface area (Å²) in [5.74, 6) is -0.819. The van der Waals surface area contributed by atoms with Crippen molar-refractivity contribution < 1.29 is 18.0 Å². The molecular weight excluding hydrogens is 325 g/mol. The zero-order valence-corrected chi connectivity index (χ0v) is 12.7. The fourth-order valence-electron chi connectivity index (χ4n) is 2.69. The third-order valence-electron chi connectivity index (χ3n) is 3.98. The summed E-state index contributed by atoms with van der Waals surface area (Å²) in [5.41, 5.74) is -0.919. The van der Waals surface area contributed by atoms with Crippen molar-refractivity contribution in [3.05, 3.63) is 52.2 Å². The zero-order valence-electron chi connectivity index (χ0n) is 12.7. The summed E-state index contributed by atoms with van der Waals surface area (Å²) in [5, 5.41) is 6.41. The van der Waals surface area contributed by atoms with Crippen LogP contribution in [-0.2, 0) is 24.6 Å². The van der Waals surface area contributed by atoms with Gasteiger partial charge in [-0.3, -0.25) is 9.36 Å². The SMILES string of the molecule is Cn1cnn(CC(=O)N[C@@H]2C[C@@H]2c2ccccc2C(F)(F)F)c1=O. The van der Waals surface area contributed by atoms with Crippen molar-refractivity contribution in [2.45, 2.75) is 31.1 Å². The van der Waals surface area contributed by atoms with Gasteiger partial charge in [0.1, 0.15) is 12.9 Å². The van der Waals surface area contributed by atoms with Crippen molar-refractivity contribution in [3.63, 3.8) is 0 Å². The molecule has 0 aliphatic heterocycles. The molecule has 3 rings (SSSR count). The second kappa shape index (κ2) is 5.81. The Labute approximate surface area is 134 Å². The highest BCUT2D eigenvalue weighted by atomic mass is 19.4. The second-order valence-electron chi connectivity index (χ2n) is 5.78. The average molecular weight is 340 g/mol. The molecule has 1 fully saturated rings. The number of benzene rings is 1. The van der Waals surface area contributed by atoms with Gasteiger partial charge in [-0.05, 0) is 18.1 Å². The molecule has 0 spiro atoms. The van der Waals surface area contributed by atoms with Crippen LogP contribution in [0.4, 0.5) is 13.2 Å². The van der Waals surface area contributed by atoms with E-state index in [1.165, 1.54) is 30.1 Å². The van der Waals surface area contributed by atoms with Crippen LogP contribution < -0.4 is 11.0 Å². The fourth-order valence-corrected chi connectivity index (χ4v) is 2.69. The van der Waals surface area contributed by atoms with Crippen molar-refractivity contribution in [1.29, 1.82) is 0 Å². The molecule has 24 heavy (non-hydrogen) atoms. The van der Waals surface area contributed by atoms with Gasteiger partial charge in [0.2, 0.25) is 5.91 Å². The summed E-state index contributed by atoms with van der Waals surface area (Å²) in [4.78, 5) is 23.5. The van der Waals surface area contributed by atoms with Crippen molar-refractivity contribution in [2.75, 3.05) is 0 Å². The highest BCUT2D eigenvalue weighted by Gasteiger charge is 2.44. The summed E-state index contributed by atoms with van der Waals surface area (Å²) < 4.78 is 41.3. The van der Waals surface area contributed by atoms with Gasteiger partial charge in [-0.2, -0.15) is 18.3 Å². The summed E-state index contributed by atoms with van der Waals surface area (Å²) in [7, 11) is 1.51. The number of aromatic nitrogens is 3. The number of nitrogens with one attached hydrogen (secondary N) is 1. The third kappa shape index (κ3) is 3.19. The Morgan fingerprint density at radius 2 is 2.08 bits per heavy atom. The lowest BCUT2D eigenvalue weighted by Crippen LogP contribution is -2.34. The molecule has 6 nitrogen and oxygen atoms in total. The first-order valence-corrected chi connectivity index (χ1v) is 7.31. The molecule has 1 heterocycles. The summed E-state index contributed by atoms with van der Waals surface area (Å²) >= 11 is 0. The molecular formula is C15H15F3N4O2. The average Bonchev–Trinajstić information content (AvgIpc) is 3.21. The number of hydrogen-bond donors (Lipinski definition) is 1. The summed E-state index contributed by atoms with van der Waals surface area (Å²) in [6, 6.07) is 5.01. The molecule has 9 heteroatoms. The van der Waals surface area contributed by atoms with Crippen LogP contribution in [0.3, 0.4) is 0 Å². The van der Waals surface area contributed by atoms with Crippen LogP contribution in [-0.4, -0.2) is 26.3 Å². The maximum Gasteiger partial charge on any atom is 0.416 e. The first-order chi connectivity index (χ1) is 11.3. The third-order valence-corrected chi connectivity index (χ3v) is 3.98. The fraction of sp³-hybridized carbons (Fsp3) is 0.400. The summed E-state index contributed by atoms with van der Waals surface area (Å²) in [6.45, 7) is -0.260. The first-order valence-electron chi connectivity index (χ1n) is 7.31. The molecule has 0 unspecified atom stereocenters. The number of hydrogen-bond acceptors (Lipinski definition) is 3. The van der Waals surface area contributed by atoms with E-state index < -0.39 is 23.3 Å². The Kier molecular flexibility index (Phi) is 3.94. The molecule has 1 saturated carbocycles. The Balaban J connectivity index is 1.65. The topological polar surface area (TPSA) is 68.9 Å². The largest absolute Gasteiger partial charge is 0.416 e. The van der Waals surface area contributed by atoms with Gasteiger partial charge in [-0.25, -0.2) is 9.48 Å². The molecule has 1 aliphatic rings. The van der Waals surface area contributed by atoms with Crippen LogP contribution in [0.15, 0.2) is 35.4 Å². The lowest BCUT2D eigenvalue weighted by atomic mass is 10.0. The number of halogens is 3. The number of nitrogens with zero attached hydrogens (tertiary/aromatic N) is 3. The first kappa shape index (κ1) is 16.3. The molecule has 0 bridgehead atoms. The normalized spacial score (nSPS) is 20.0. The minimum atomic E-state index is -4.42. The molecule has 0 radical (unpaired) electrons. The van der Waals surface area contributed by atoms with Gasteiger partial charge in [-0.15, -0.1) is 0 Å². The highest BCUT2D eigenvalue weighted by Crippen LogP contribution is 2.46. The molecule has 2 aromatic rings. The van der Waals surface area contributed by atoms with E-state index in [0.717, 1.165) is 10.7 Å².